The first-order valence-electron chi connectivity index (χ1n) is 8.30. The van der Waals surface area contributed by atoms with E-state index in [0.717, 1.165) is 25.0 Å². The van der Waals surface area contributed by atoms with E-state index in [1.807, 2.05) is 0 Å². The Bertz CT molecular complexity index is 353. The Morgan fingerprint density at radius 1 is 1.16 bits per heavy atom. The van der Waals surface area contributed by atoms with Gasteiger partial charge in [0.2, 0.25) is 0 Å². The third kappa shape index (κ3) is 2.24. The predicted molar refractivity (Wildman–Crippen MR) is 76.2 cm³/mol. The molecule has 2 aliphatic carbocycles. The lowest BCUT2D eigenvalue weighted by molar-refractivity contribution is -0.00276. The highest BCUT2D eigenvalue weighted by molar-refractivity contribution is 5.06. The number of nitrogens with one attached hydrogen (secondary N) is 1. The molecule has 3 heteroatoms. The molecule has 4 unspecified atom stereocenters. The molecule has 4 rings (SSSR count). The summed E-state index contributed by atoms with van der Waals surface area (Å²) in [6.07, 6.45) is 7.47. The highest BCUT2D eigenvalue weighted by Gasteiger charge is 2.50. The minimum atomic E-state index is 0.364. The van der Waals surface area contributed by atoms with Crippen LogP contribution in [0, 0.1) is 11.8 Å². The average Bonchev–Trinajstić information content (AvgIpc) is 3.30. The summed E-state index contributed by atoms with van der Waals surface area (Å²) in [7, 11) is 0. The van der Waals surface area contributed by atoms with Crippen molar-refractivity contribution >= 4 is 0 Å². The first kappa shape index (κ1) is 12.6. The molecule has 2 heterocycles. The van der Waals surface area contributed by atoms with E-state index in [9.17, 15) is 0 Å². The molecule has 0 aromatic rings. The van der Waals surface area contributed by atoms with Crippen molar-refractivity contribution in [2.45, 2.75) is 69.7 Å². The second-order valence-electron chi connectivity index (χ2n) is 7.62. The molecule has 4 aliphatic rings. The summed E-state index contributed by atoms with van der Waals surface area (Å²) >= 11 is 0. The molecule has 4 atom stereocenters. The van der Waals surface area contributed by atoms with Crippen LogP contribution in [0.3, 0.4) is 0 Å². The standard InChI is InChI=1S/C16H28N2O/c1-11-9-17-16(2,13-5-6-13)10-18(11)14-7-8-19-15(14)12-3-4-12/h11-15,17H,3-10H2,1-2H3. The monoisotopic (exact) mass is 264 g/mol. The van der Waals surface area contributed by atoms with Crippen LogP contribution in [0.2, 0.25) is 0 Å². The Balaban J connectivity index is 1.51. The number of ether oxygens (including phenoxy) is 1. The number of piperazine rings is 1. The van der Waals surface area contributed by atoms with Crippen LogP contribution in [0.15, 0.2) is 0 Å². The molecular formula is C16H28N2O. The van der Waals surface area contributed by atoms with Crippen LogP contribution in [0.4, 0.5) is 0 Å². The summed E-state index contributed by atoms with van der Waals surface area (Å²) in [5, 5.41) is 3.84. The molecule has 0 amide bonds. The SMILES string of the molecule is CC1CNC(C)(C2CC2)CN1C1CCOC1C1CC1. The maximum absolute atomic E-state index is 6.07. The van der Waals surface area contributed by atoms with Crippen LogP contribution in [-0.2, 0) is 4.74 Å². The normalized spacial score (nSPS) is 48.6. The van der Waals surface area contributed by atoms with Gasteiger partial charge in [0.25, 0.3) is 0 Å². The molecule has 1 N–H and O–H groups in total. The van der Waals surface area contributed by atoms with E-state index < -0.39 is 0 Å². The largest absolute Gasteiger partial charge is 0.376 e. The first-order chi connectivity index (χ1) is 9.17. The lowest BCUT2D eigenvalue weighted by Gasteiger charge is -2.49. The van der Waals surface area contributed by atoms with Gasteiger partial charge in [0.05, 0.1) is 6.10 Å². The van der Waals surface area contributed by atoms with Gasteiger partial charge in [-0.3, -0.25) is 4.90 Å². The third-order valence-electron chi connectivity index (χ3n) is 5.97. The van der Waals surface area contributed by atoms with E-state index in [0.29, 0.717) is 23.7 Å². The molecule has 2 aliphatic heterocycles. The highest BCUT2D eigenvalue weighted by Crippen LogP contribution is 2.44. The van der Waals surface area contributed by atoms with Gasteiger partial charge in [-0.05, 0) is 57.8 Å². The Kier molecular flexibility index (Phi) is 2.95. The van der Waals surface area contributed by atoms with Crippen molar-refractivity contribution in [1.29, 1.82) is 0 Å². The molecular weight excluding hydrogens is 236 g/mol. The fourth-order valence-corrected chi connectivity index (χ4v) is 4.36. The molecule has 0 aromatic heterocycles. The maximum atomic E-state index is 6.07. The van der Waals surface area contributed by atoms with Crippen LogP contribution in [0.25, 0.3) is 0 Å². The van der Waals surface area contributed by atoms with Gasteiger partial charge < -0.3 is 10.1 Å². The van der Waals surface area contributed by atoms with Gasteiger partial charge in [-0.2, -0.15) is 0 Å². The highest BCUT2D eigenvalue weighted by atomic mass is 16.5. The number of rotatable bonds is 3. The van der Waals surface area contributed by atoms with Crippen LogP contribution in [0.1, 0.15) is 46.0 Å². The fourth-order valence-electron chi connectivity index (χ4n) is 4.36. The van der Waals surface area contributed by atoms with Crippen molar-refractivity contribution in [1.82, 2.24) is 10.2 Å². The molecule has 19 heavy (non-hydrogen) atoms. The summed E-state index contributed by atoms with van der Waals surface area (Å²) in [6, 6.07) is 1.36. The van der Waals surface area contributed by atoms with Crippen molar-refractivity contribution in [2.24, 2.45) is 11.8 Å². The van der Waals surface area contributed by atoms with E-state index in [-0.39, 0.29) is 0 Å². The zero-order valence-corrected chi connectivity index (χ0v) is 12.4. The van der Waals surface area contributed by atoms with Gasteiger partial charge >= 0.3 is 0 Å². The van der Waals surface area contributed by atoms with Crippen molar-refractivity contribution in [3.8, 4) is 0 Å². The predicted octanol–water partition coefficient (Wildman–Crippen LogP) is 2.02. The van der Waals surface area contributed by atoms with E-state index in [2.05, 4.69) is 24.1 Å². The first-order valence-corrected chi connectivity index (χ1v) is 8.30. The molecule has 4 fully saturated rings. The van der Waals surface area contributed by atoms with Crippen molar-refractivity contribution in [3.63, 3.8) is 0 Å². The van der Waals surface area contributed by atoms with Gasteiger partial charge in [0.1, 0.15) is 0 Å². The molecule has 3 nitrogen and oxygen atoms in total. The van der Waals surface area contributed by atoms with Crippen LogP contribution in [-0.4, -0.2) is 48.3 Å². The third-order valence-corrected chi connectivity index (χ3v) is 5.97. The molecule has 0 radical (unpaired) electrons. The summed E-state index contributed by atoms with van der Waals surface area (Å²) < 4.78 is 6.07. The smallest absolute Gasteiger partial charge is 0.0759 e. The van der Waals surface area contributed by atoms with Crippen molar-refractivity contribution in [3.05, 3.63) is 0 Å². The van der Waals surface area contributed by atoms with Crippen LogP contribution >= 0.6 is 0 Å². The van der Waals surface area contributed by atoms with Crippen molar-refractivity contribution < 1.29 is 4.74 Å². The molecule has 2 saturated carbocycles. The molecule has 0 spiro atoms. The zero-order chi connectivity index (χ0) is 13.0. The van der Waals surface area contributed by atoms with Crippen LogP contribution < -0.4 is 5.32 Å². The summed E-state index contributed by atoms with van der Waals surface area (Å²) in [5.41, 5.74) is 0.364. The lowest BCUT2D eigenvalue weighted by atomic mass is 9.89. The van der Waals surface area contributed by atoms with E-state index >= 15 is 0 Å². The Morgan fingerprint density at radius 3 is 2.63 bits per heavy atom. The second kappa shape index (κ2) is 4.44. The zero-order valence-electron chi connectivity index (χ0n) is 12.4. The van der Waals surface area contributed by atoms with E-state index in [1.165, 1.54) is 38.6 Å². The van der Waals surface area contributed by atoms with E-state index in [1.54, 1.807) is 0 Å². The van der Waals surface area contributed by atoms with Gasteiger partial charge in [0.15, 0.2) is 0 Å². The molecule has 108 valence electrons. The summed E-state index contributed by atoms with van der Waals surface area (Å²) in [6.45, 7) is 8.22. The fraction of sp³-hybridized carbons (Fsp3) is 1.00. The quantitative estimate of drug-likeness (QED) is 0.844. The minimum Gasteiger partial charge on any atom is -0.376 e. The lowest BCUT2D eigenvalue weighted by Crippen LogP contribution is -2.66. The van der Waals surface area contributed by atoms with E-state index in [4.69, 9.17) is 4.74 Å². The second-order valence-corrected chi connectivity index (χ2v) is 7.62. The van der Waals surface area contributed by atoms with Gasteiger partial charge in [0, 0.05) is 37.3 Å². The maximum Gasteiger partial charge on any atom is 0.0759 e. The Labute approximate surface area is 117 Å². The van der Waals surface area contributed by atoms with Gasteiger partial charge in [-0.1, -0.05) is 0 Å². The minimum absolute atomic E-state index is 0.364. The molecule has 0 aromatic carbocycles. The Hall–Kier alpha value is -0.120. The number of hydrogen-bond acceptors (Lipinski definition) is 3. The number of nitrogens with zero attached hydrogens (tertiary/aromatic N) is 1. The molecule has 2 saturated heterocycles. The topological polar surface area (TPSA) is 24.5 Å². The number of hydrogen-bond donors (Lipinski definition) is 1. The van der Waals surface area contributed by atoms with Crippen molar-refractivity contribution in [2.75, 3.05) is 19.7 Å². The average molecular weight is 264 g/mol. The molecule has 0 bridgehead atoms. The summed E-state index contributed by atoms with van der Waals surface area (Å²) in [5.74, 6) is 1.80. The summed E-state index contributed by atoms with van der Waals surface area (Å²) in [4.78, 5) is 2.80. The van der Waals surface area contributed by atoms with Crippen LogP contribution in [0.5, 0.6) is 0 Å². The van der Waals surface area contributed by atoms with Gasteiger partial charge in [-0.15, -0.1) is 0 Å². The Morgan fingerprint density at radius 2 is 1.95 bits per heavy atom. The van der Waals surface area contributed by atoms with Gasteiger partial charge in [-0.25, -0.2) is 0 Å².